The molecule has 2 rings (SSSR count). The molecule has 0 aliphatic carbocycles. The zero-order valence-corrected chi connectivity index (χ0v) is 13.5. The lowest BCUT2D eigenvalue weighted by molar-refractivity contribution is -0.122. The van der Waals surface area contributed by atoms with Crippen LogP contribution in [0, 0.1) is 5.92 Å². The van der Waals surface area contributed by atoms with Crippen LogP contribution in [0.25, 0.3) is 11.0 Å². The lowest BCUT2D eigenvalue weighted by Gasteiger charge is -2.33. The summed E-state index contributed by atoms with van der Waals surface area (Å²) in [7, 11) is 0. The molecule has 0 radical (unpaired) electrons. The molecule has 0 saturated carbocycles. The van der Waals surface area contributed by atoms with Crippen LogP contribution >= 0.6 is 12.4 Å². The SMILES string of the molecule is CC(C)C(C)(CN)NC(=O)Cc1c[nH]c2ncccc12.Cl. The number of nitrogens with two attached hydrogens (primary N) is 1. The third-order valence-corrected chi connectivity index (χ3v) is 4.01. The van der Waals surface area contributed by atoms with E-state index in [1.807, 2.05) is 25.3 Å². The van der Waals surface area contributed by atoms with Gasteiger partial charge in [0.25, 0.3) is 0 Å². The highest BCUT2D eigenvalue weighted by molar-refractivity contribution is 5.87. The minimum Gasteiger partial charge on any atom is -0.349 e. The second kappa shape index (κ2) is 6.91. The Morgan fingerprint density at radius 2 is 2.24 bits per heavy atom. The first kappa shape index (κ1) is 17.5. The molecule has 1 amide bonds. The zero-order chi connectivity index (χ0) is 14.8. The number of pyridine rings is 1. The summed E-state index contributed by atoms with van der Waals surface area (Å²) < 4.78 is 0. The number of amides is 1. The van der Waals surface area contributed by atoms with Crippen LogP contribution in [0.1, 0.15) is 26.3 Å². The largest absolute Gasteiger partial charge is 0.349 e. The van der Waals surface area contributed by atoms with Gasteiger partial charge in [0.1, 0.15) is 5.65 Å². The van der Waals surface area contributed by atoms with Crippen molar-refractivity contribution >= 4 is 29.3 Å². The van der Waals surface area contributed by atoms with Crippen molar-refractivity contribution in [2.75, 3.05) is 6.54 Å². The fourth-order valence-electron chi connectivity index (χ4n) is 2.13. The number of nitrogens with zero attached hydrogens (tertiary/aromatic N) is 1. The van der Waals surface area contributed by atoms with E-state index in [1.165, 1.54) is 0 Å². The van der Waals surface area contributed by atoms with Crippen molar-refractivity contribution in [3.63, 3.8) is 0 Å². The maximum atomic E-state index is 12.2. The number of aromatic amines is 1. The van der Waals surface area contributed by atoms with Crippen LogP contribution in [0.2, 0.25) is 0 Å². The first-order valence-corrected chi connectivity index (χ1v) is 6.88. The average molecular weight is 311 g/mol. The summed E-state index contributed by atoms with van der Waals surface area (Å²) in [5, 5.41) is 4.03. The molecule has 1 unspecified atom stereocenters. The third-order valence-electron chi connectivity index (χ3n) is 4.01. The maximum absolute atomic E-state index is 12.2. The van der Waals surface area contributed by atoms with E-state index >= 15 is 0 Å². The molecule has 2 heterocycles. The highest BCUT2D eigenvalue weighted by atomic mass is 35.5. The number of hydrogen-bond acceptors (Lipinski definition) is 3. The van der Waals surface area contributed by atoms with E-state index in [0.29, 0.717) is 13.0 Å². The van der Waals surface area contributed by atoms with E-state index in [2.05, 4.69) is 29.1 Å². The van der Waals surface area contributed by atoms with Crippen molar-refractivity contribution in [1.29, 1.82) is 0 Å². The number of rotatable bonds is 5. The minimum atomic E-state index is -0.374. The van der Waals surface area contributed by atoms with Crippen LogP contribution in [0.3, 0.4) is 0 Å². The molecule has 1 atom stereocenters. The van der Waals surface area contributed by atoms with Crippen molar-refractivity contribution < 1.29 is 4.79 Å². The molecule has 0 fully saturated rings. The Labute approximate surface area is 131 Å². The quantitative estimate of drug-likeness (QED) is 0.790. The summed E-state index contributed by atoms with van der Waals surface area (Å²) in [5.41, 5.74) is 7.17. The van der Waals surface area contributed by atoms with Crippen molar-refractivity contribution in [3.8, 4) is 0 Å². The molecule has 2 aromatic rings. The van der Waals surface area contributed by atoms with E-state index in [-0.39, 0.29) is 29.8 Å². The van der Waals surface area contributed by atoms with Gasteiger partial charge < -0.3 is 16.0 Å². The standard InChI is InChI=1S/C15H22N4O.ClH/c1-10(2)15(3,9-16)19-13(20)7-11-8-18-14-12(11)5-4-6-17-14;/h4-6,8,10H,7,9,16H2,1-3H3,(H,17,18)(H,19,20);1H. The van der Waals surface area contributed by atoms with E-state index in [9.17, 15) is 4.79 Å². The van der Waals surface area contributed by atoms with E-state index in [4.69, 9.17) is 5.73 Å². The normalized spacial score (nSPS) is 13.8. The van der Waals surface area contributed by atoms with Gasteiger partial charge in [0.15, 0.2) is 0 Å². The Morgan fingerprint density at radius 3 is 2.86 bits per heavy atom. The minimum absolute atomic E-state index is 0. The molecule has 0 aliphatic rings. The molecular formula is C15H23ClN4O. The Bertz CT molecular complexity index is 610. The highest BCUT2D eigenvalue weighted by Crippen LogP contribution is 2.18. The maximum Gasteiger partial charge on any atom is 0.224 e. The van der Waals surface area contributed by atoms with Gasteiger partial charge in [-0.15, -0.1) is 12.4 Å². The van der Waals surface area contributed by atoms with Crippen LogP contribution in [-0.4, -0.2) is 28.0 Å². The molecule has 6 heteroatoms. The molecular weight excluding hydrogens is 288 g/mol. The summed E-state index contributed by atoms with van der Waals surface area (Å²) in [6.45, 7) is 6.52. The van der Waals surface area contributed by atoms with E-state index in [0.717, 1.165) is 16.6 Å². The lowest BCUT2D eigenvalue weighted by atomic mass is 9.88. The predicted molar refractivity (Wildman–Crippen MR) is 87.5 cm³/mol. The van der Waals surface area contributed by atoms with Crippen LogP contribution in [0.5, 0.6) is 0 Å². The number of fused-ring (bicyclic) bond motifs is 1. The predicted octanol–water partition coefficient (Wildman–Crippen LogP) is 2.02. The lowest BCUT2D eigenvalue weighted by Crippen LogP contribution is -2.55. The number of carbonyl (C=O) groups is 1. The van der Waals surface area contributed by atoms with Crippen LogP contribution in [-0.2, 0) is 11.2 Å². The molecule has 4 N–H and O–H groups in total. The Kier molecular flexibility index (Phi) is 5.75. The molecule has 5 nitrogen and oxygen atoms in total. The van der Waals surface area contributed by atoms with Gasteiger partial charge in [-0.25, -0.2) is 4.98 Å². The number of nitrogens with one attached hydrogen (secondary N) is 2. The van der Waals surface area contributed by atoms with Gasteiger partial charge in [-0.1, -0.05) is 13.8 Å². The second-order valence-electron chi connectivity index (χ2n) is 5.71. The summed E-state index contributed by atoms with van der Waals surface area (Å²) in [4.78, 5) is 19.5. The van der Waals surface area contributed by atoms with Gasteiger partial charge in [0.2, 0.25) is 5.91 Å². The average Bonchev–Trinajstić information content (AvgIpc) is 2.82. The third kappa shape index (κ3) is 3.74. The van der Waals surface area contributed by atoms with Crippen molar-refractivity contribution in [1.82, 2.24) is 15.3 Å². The van der Waals surface area contributed by atoms with Crippen molar-refractivity contribution in [2.45, 2.75) is 32.7 Å². The number of H-pyrrole nitrogens is 1. The summed E-state index contributed by atoms with van der Waals surface area (Å²) in [6, 6.07) is 3.84. The smallest absolute Gasteiger partial charge is 0.224 e. The molecule has 0 spiro atoms. The Balaban J connectivity index is 0.00000220. The van der Waals surface area contributed by atoms with Gasteiger partial charge in [-0.05, 0) is 30.5 Å². The van der Waals surface area contributed by atoms with Gasteiger partial charge in [0.05, 0.1) is 12.0 Å². The Hall–Kier alpha value is -1.59. The first-order chi connectivity index (χ1) is 9.46. The fourth-order valence-corrected chi connectivity index (χ4v) is 2.13. The zero-order valence-electron chi connectivity index (χ0n) is 12.6. The van der Waals surface area contributed by atoms with Crippen molar-refractivity contribution in [2.24, 2.45) is 11.7 Å². The van der Waals surface area contributed by atoms with Crippen LogP contribution in [0.15, 0.2) is 24.5 Å². The fraction of sp³-hybridized carbons (Fsp3) is 0.467. The topological polar surface area (TPSA) is 83.8 Å². The molecule has 0 aromatic carbocycles. The van der Waals surface area contributed by atoms with Crippen LogP contribution < -0.4 is 11.1 Å². The van der Waals surface area contributed by atoms with E-state index in [1.54, 1.807) is 6.20 Å². The van der Waals surface area contributed by atoms with Gasteiger partial charge in [-0.3, -0.25) is 4.79 Å². The van der Waals surface area contributed by atoms with Crippen molar-refractivity contribution in [3.05, 3.63) is 30.1 Å². The molecule has 0 saturated heterocycles. The van der Waals surface area contributed by atoms with E-state index < -0.39 is 0 Å². The number of carbonyl (C=O) groups excluding carboxylic acids is 1. The molecule has 0 aliphatic heterocycles. The Morgan fingerprint density at radius 1 is 1.52 bits per heavy atom. The molecule has 21 heavy (non-hydrogen) atoms. The van der Waals surface area contributed by atoms with Gasteiger partial charge >= 0.3 is 0 Å². The monoisotopic (exact) mass is 310 g/mol. The summed E-state index contributed by atoms with van der Waals surface area (Å²) in [5.74, 6) is 0.262. The van der Waals surface area contributed by atoms with Gasteiger partial charge in [-0.2, -0.15) is 0 Å². The molecule has 2 aromatic heterocycles. The summed E-state index contributed by atoms with van der Waals surface area (Å²) in [6.07, 6.45) is 3.90. The second-order valence-corrected chi connectivity index (χ2v) is 5.71. The first-order valence-electron chi connectivity index (χ1n) is 6.88. The molecule has 116 valence electrons. The van der Waals surface area contributed by atoms with Gasteiger partial charge in [0, 0.05) is 24.3 Å². The highest BCUT2D eigenvalue weighted by Gasteiger charge is 2.28. The van der Waals surface area contributed by atoms with Crippen LogP contribution in [0.4, 0.5) is 0 Å². The number of aromatic nitrogens is 2. The molecule has 0 bridgehead atoms. The summed E-state index contributed by atoms with van der Waals surface area (Å²) >= 11 is 0. The number of hydrogen-bond donors (Lipinski definition) is 3. The number of halogens is 1.